The van der Waals surface area contributed by atoms with Gasteiger partial charge in [-0.15, -0.1) is 0 Å². The number of methoxy groups -OCH3 is 1. The van der Waals surface area contributed by atoms with Crippen LogP contribution in [0, 0.1) is 10.1 Å². The molecule has 2 aromatic carbocycles. The molecular weight excluding hydrogens is 420 g/mol. The zero-order valence-corrected chi connectivity index (χ0v) is 17.5. The summed E-state index contributed by atoms with van der Waals surface area (Å²) in [5, 5.41) is 31.9. The number of benzene rings is 2. The molecule has 168 valence electrons. The quantitative estimate of drug-likeness (QED) is 0.209. The van der Waals surface area contributed by atoms with Gasteiger partial charge >= 0.3 is 0 Å². The van der Waals surface area contributed by atoms with Crippen molar-refractivity contribution in [2.75, 3.05) is 26.9 Å². The SMILES string of the molecule is CCOc1cc(C2/C(=C(/O)c3ccc([N+](=O)[O-])cc3)C(=O)C(=O)N2CCOC)ccc1O. The summed E-state index contributed by atoms with van der Waals surface area (Å²) < 4.78 is 10.5. The number of aromatic hydroxyl groups is 1. The highest BCUT2D eigenvalue weighted by atomic mass is 16.6. The number of aliphatic hydroxyl groups is 1. The molecule has 2 aromatic rings. The number of hydrogen-bond acceptors (Lipinski definition) is 8. The Morgan fingerprint density at radius 1 is 1.19 bits per heavy atom. The van der Waals surface area contributed by atoms with Gasteiger partial charge in [-0.3, -0.25) is 19.7 Å². The van der Waals surface area contributed by atoms with Crippen LogP contribution in [0.1, 0.15) is 24.1 Å². The highest BCUT2D eigenvalue weighted by Gasteiger charge is 2.46. The molecule has 1 aliphatic heterocycles. The van der Waals surface area contributed by atoms with Crippen LogP contribution in [0.25, 0.3) is 5.76 Å². The minimum atomic E-state index is -0.972. The van der Waals surface area contributed by atoms with Crippen molar-refractivity contribution >= 4 is 23.1 Å². The summed E-state index contributed by atoms with van der Waals surface area (Å²) in [5.41, 5.74) is 0.228. The number of ketones is 1. The predicted octanol–water partition coefficient (Wildman–Crippen LogP) is 2.77. The topological polar surface area (TPSA) is 139 Å². The molecule has 1 heterocycles. The summed E-state index contributed by atoms with van der Waals surface area (Å²) in [6.07, 6.45) is 0. The van der Waals surface area contributed by atoms with Crippen molar-refractivity contribution in [2.24, 2.45) is 0 Å². The molecule has 3 rings (SSSR count). The normalized spacial score (nSPS) is 17.6. The first-order valence-electron chi connectivity index (χ1n) is 9.78. The Kier molecular flexibility index (Phi) is 6.74. The molecular formula is C22H22N2O8. The fourth-order valence-electron chi connectivity index (χ4n) is 3.52. The van der Waals surface area contributed by atoms with E-state index in [1.807, 2.05) is 0 Å². The lowest BCUT2D eigenvalue weighted by Crippen LogP contribution is -2.32. The van der Waals surface area contributed by atoms with E-state index >= 15 is 0 Å². The van der Waals surface area contributed by atoms with Crippen LogP contribution >= 0.6 is 0 Å². The van der Waals surface area contributed by atoms with Crippen LogP contribution in [-0.2, 0) is 14.3 Å². The Labute approximate surface area is 183 Å². The van der Waals surface area contributed by atoms with Crippen molar-refractivity contribution in [2.45, 2.75) is 13.0 Å². The molecule has 0 radical (unpaired) electrons. The van der Waals surface area contributed by atoms with Crippen molar-refractivity contribution in [3.05, 3.63) is 69.3 Å². The number of non-ortho nitro benzene ring substituents is 1. The average Bonchev–Trinajstić information content (AvgIpc) is 3.03. The first kappa shape index (κ1) is 22.8. The second-order valence-electron chi connectivity index (χ2n) is 6.95. The largest absolute Gasteiger partial charge is 0.507 e. The number of carbonyl (C=O) groups excluding carboxylic acids is 2. The number of hydrogen-bond donors (Lipinski definition) is 2. The number of Topliss-reactive ketones (excluding diaryl/α,β-unsaturated/α-hetero) is 1. The highest BCUT2D eigenvalue weighted by Crippen LogP contribution is 2.41. The molecule has 1 fully saturated rings. The van der Waals surface area contributed by atoms with E-state index in [9.17, 15) is 29.9 Å². The summed E-state index contributed by atoms with van der Waals surface area (Å²) in [6.45, 7) is 2.25. The van der Waals surface area contributed by atoms with Crippen LogP contribution in [0.3, 0.4) is 0 Å². The lowest BCUT2D eigenvalue weighted by molar-refractivity contribution is -0.384. The molecule has 10 heteroatoms. The van der Waals surface area contributed by atoms with E-state index in [0.29, 0.717) is 5.56 Å². The third-order valence-corrected chi connectivity index (χ3v) is 5.03. The second-order valence-corrected chi connectivity index (χ2v) is 6.95. The first-order valence-corrected chi connectivity index (χ1v) is 9.78. The number of carbonyl (C=O) groups is 2. The summed E-state index contributed by atoms with van der Waals surface area (Å²) in [7, 11) is 1.45. The van der Waals surface area contributed by atoms with E-state index in [4.69, 9.17) is 9.47 Å². The number of ether oxygens (including phenoxy) is 2. The van der Waals surface area contributed by atoms with Gasteiger partial charge < -0.3 is 24.6 Å². The van der Waals surface area contributed by atoms with Crippen molar-refractivity contribution in [3.8, 4) is 11.5 Å². The Morgan fingerprint density at radius 3 is 2.47 bits per heavy atom. The number of nitro benzene ring substituents is 1. The maximum Gasteiger partial charge on any atom is 0.295 e. The van der Waals surface area contributed by atoms with Crippen LogP contribution in [0.15, 0.2) is 48.0 Å². The number of likely N-dealkylation sites (tertiary alicyclic amines) is 1. The van der Waals surface area contributed by atoms with Crippen molar-refractivity contribution < 1.29 is 34.2 Å². The van der Waals surface area contributed by atoms with Crippen LogP contribution in [-0.4, -0.2) is 58.6 Å². The van der Waals surface area contributed by atoms with Crippen molar-refractivity contribution in [1.29, 1.82) is 0 Å². The average molecular weight is 442 g/mol. The van der Waals surface area contributed by atoms with Crippen LogP contribution in [0.2, 0.25) is 0 Å². The maximum absolute atomic E-state index is 12.9. The summed E-state index contributed by atoms with van der Waals surface area (Å²) >= 11 is 0. The van der Waals surface area contributed by atoms with Gasteiger partial charge in [0.25, 0.3) is 17.4 Å². The molecule has 10 nitrogen and oxygen atoms in total. The fourth-order valence-corrected chi connectivity index (χ4v) is 3.52. The maximum atomic E-state index is 12.9. The Bertz CT molecular complexity index is 1080. The molecule has 1 saturated heterocycles. The van der Waals surface area contributed by atoms with Gasteiger partial charge in [-0.1, -0.05) is 6.07 Å². The van der Waals surface area contributed by atoms with E-state index in [1.54, 1.807) is 6.92 Å². The first-order chi connectivity index (χ1) is 15.3. The number of nitrogens with zero attached hydrogens (tertiary/aromatic N) is 2. The van der Waals surface area contributed by atoms with Gasteiger partial charge in [-0.05, 0) is 36.8 Å². The molecule has 0 saturated carbocycles. The minimum Gasteiger partial charge on any atom is -0.507 e. The molecule has 0 spiro atoms. The number of aliphatic hydroxyl groups excluding tert-OH is 1. The van der Waals surface area contributed by atoms with Gasteiger partial charge in [0, 0.05) is 31.4 Å². The predicted molar refractivity (Wildman–Crippen MR) is 113 cm³/mol. The molecule has 0 aromatic heterocycles. The third kappa shape index (κ3) is 4.26. The summed E-state index contributed by atoms with van der Waals surface area (Å²) in [4.78, 5) is 37.3. The van der Waals surface area contributed by atoms with Gasteiger partial charge in [0.1, 0.15) is 5.76 Å². The zero-order chi connectivity index (χ0) is 23.4. The number of phenols is 1. The van der Waals surface area contributed by atoms with Crippen LogP contribution < -0.4 is 4.74 Å². The van der Waals surface area contributed by atoms with Crippen LogP contribution in [0.4, 0.5) is 5.69 Å². The second kappa shape index (κ2) is 9.48. The van der Waals surface area contributed by atoms with Crippen molar-refractivity contribution in [1.82, 2.24) is 4.90 Å². The summed E-state index contributed by atoms with van der Waals surface area (Å²) in [5.74, 6) is -2.12. The van der Waals surface area contributed by atoms with Gasteiger partial charge in [0.15, 0.2) is 11.5 Å². The minimum absolute atomic E-state index is 0.0770. The number of phenolic OH excluding ortho intramolecular Hbond substituents is 1. The Morgan fingerprint density at radius 2 is 1.88 bits per heavy atom. The van der Waals surface area contributed by atoms with Gasteiger partial charge in [0.2, 0.25) is 0 Å². The molecule has 1 amide bonds. The Hall–Kier alpha value is -3.92. The summed E-state index contributed by atoms with van der Waals surface area (Å²) in [6, 6.07) is 8.42. The number of nitro groups is 1. The Balaban J connectivity index is 2.16. The van der Waals surface area contributed by atoms with E-state index in [-0.39, 0.29) is 48.1 Å². The number of amides is 1. The van der Waals surface area contributed by atoms with Gasteiger partial charge in [-0.25, -0.2) is 0 Å². The smallest absolute Gasteiger partial charge is 0.295 e. The van der Waals surface area contributed by atoms with E-state index < -0.39 is 28.4 Å². The van der Waals surface area contributed by atoms with Gasteiger partial charge in [0.05, 0.1) is 29.8 Å². The standard InChI is InChI=1S/C22H22N2O8/c1-3-32-17-12-14(6-9-16(17)25)19-18(21(27)22(28)23(19)10-11-31-2)20(26)13-4-7-15(8-5-13)24(29)30/h4-9,12,19,25-26H,3,10-11H2,1-2H3/b20-18-. The van der Waals surface area contributed by atoms with E-state index in [2.05, 4.69) is 0 Å². The zero-order valence-electron chi connectivity index (χ0n) is 17.5. The van der Waals surface area contributed by atoms with Crippen molar-refractivity contribution in [3.63, 3.8) is 0 Å². The molecule has 1 aliphatic rings. The monoisotopic (exact) mass is 442 g/mol. The lowest BCUT2D eigenvalue weighted by atomic mass is 9.95. The molecule has 1 unspecified atom stereocenters. The highest BCUT2D eigenvalue weighted by molar-refractivity contribution is 6.46. The molecule has 0 bridgehead atoms. The van der Waals surface area contributed by atoms with Gasteiger partial charge in [-0.2, -0.15) is 0 Å². The molecule has 1 atom stereocenters. The number of rotatable bonds is 8. The fraction of sp³-hybridized carbons (Fsp3) is 0.273. The third-order valence-electron chi connectivity index (χ3n) is 5.03. The molecule has 2 N–H and O–H groups in total. The molecule has 0 aliphatic carbocycles. The van der Waals surface area contributed by atoms with Crippen LogP contribution in [0.5, 0.6) is 11.5 Å². The van der Waals surface area contributed by atoms with E-state index in [0.717, 1.165) is 0 Å². The van der Waals surface area contributed by atoms with E-state index in [1.165, 1.54) is 54.5 Å². The molecule has 32 heavy (non-hydrogen) atoms. The lowest BCUT2D eigenvalue weighted by Gasteiger charge is -2.25.